The van der Waals surface area contributed by atoms with E-state index >= 15 is 0 Å². The molecule has 6 heteroatoms. The third kappa shape index (κ3) is 2.18. The van der Waals surface area contributed by atoms with Crippen LogP contribution in [0.15, 0.2) is 27.4 Å². The van der Waals surface area contributed by atoms with E-state index < -0.39 is 11.5 Å². The first-order chi connectivity index (χ1) is 9.10. The van der Waals surface area contributed by atoms with Crippen molar-refractivity contribution in [2.24, 2.45) is 0 Å². The van der Waals surface area contributed by atoms with Crippen LogP contribution in [0.1, 0.15) is 12.5 Å². The van der Waals surface area contributed by atoms with E-state index in [1.165, 1.54) is 0 Å². The third-order valence-corrected chi connectivity index (χ3v) is 3.47. The highest BCUT2D eigenvalue weighted by atomic mass is 16.7. The van der Waals surface area contributed by atoms with Gasteiger partial charge in [-0.25, -0.2) is 4.79 Å². The zero-order chi connectivity index (χ0) is 13.5. The number of hydrogen-bond acceptors (Lipinski definition) is 5. The van der Waals surface area contributed by atoms with Gasteiger partial charge in [0.25, 0.3) is 0 Å². The fraction of sp³-hybridized carbons (Fsp3) is 0.462. The van der Waals surface area contributed by atoms with Gasteiger partial charge in [-0.05, 0) is 26.1 Å². The smallest absolute Gasteiger partial charge is 0.408 e. The number of aromatic nitrogens is 1. The molecule has 0 amide bonds. The van der Waals surface area contributed by atoms with Gasteiger partial charge >= 0.3 is 5.76 Å². The minimum atomic E-state index is -0.808. The Labute approximate surface area is 109 Å². The Bertz CT molecular complexity index is 637. The summed E-state index contributed by atoms with van der Waals surface area (Å²) in [4.78, 5) is 13.7. The van der Waals surface area contributed by atoms with E-state index in [9.17, 15) is 4.79 Å². The van der Waals surface area contributed by atoms with Crippen molar-refractivity contribution in [1.29, 1.82) is 0 Å². The van der Waals surface area contributed by atoms with E-state index in [4.69, 9.17) is 13.9 Å². The van der Waals surface area contributed by atoms with Crippen LogP contribution < -0.4 is 11.1 Å². The number of ether oxygens (including phenoxy) is 2. The van der Waals surface area contributed by atoms with Crippen molar-refractivity contribution in [3.63, 3.8) is 0 Å². The quantitative estimate of drug-likeness (QED) is 0.843. The van der Waals surface area contributed by atoms with Crippen LogP contribution in [0, 0.1) is 0 Å². The Morgan fingerprint density at radius 2 is 2.11 bits per heavy atom. The Kier molecular flexibility index (Phi) is 2.93. The molecule has 0 radical (unpaired) electrons. The normalized spacial score (nSPS) is 27.8. The molecule has 102 valence electrons. The molecule has 0 saturated carbocycles. The first kappa shape index (κ1) is 12.4. The predicted octanol–water partition coefficient (Wildman–Crippen LogP) is 0.929. The molecule has 0 unspecified atom stereocenters. The number of rotatable bonds is 2. The maximum Gasteiger partial charge on any atom is 0.417 e. The largest absolute Gasteiger partial charge is 0.417 e. The van der Waals surface area contributed by atoms with Crippen molar-refractivity contribution in [3.05, 3.63) is 34.3 Å². The third-order valence-electron chi connectivity index (χ3n) is 3.47. The summed E-state index contributed by atoms with van der Waals surface area (Å²) in [5.74, 6) is -1.27. The molecule has 2 heterocycles. The molecule has 1 aliphatic heterocycles. The highest BCUT2D eigenvalue weighted by molar-refractivity contribution is 5.72. The molecule has 0 aliphatic carbocycles. The maximum atomic E-state index is 11.1. The second kappa shape index (κ2) is 4.48. The van der Waals surface area contributed by atoms with E-state index in [-0.39, 0.29) is 6.04 Å². The summed E-state index contributed by atoms with van der Waals surface area (Å²) in [5.41, 5.74) is 2.00. The molecule has 19 heavy (non-hydrogen) atoms. The predicted molar refractivity (Wildman–Crippen MR) is 68.9 cm³/mol. The van der Waals surface area contributed by atoms with Gasteiger partial charge in [0.2, 0.25) is 0 Å². The van der Waals surface area contributed by atoms with Crippen LogP contribution >= 0.6 is 0 Å². The molecule has 1 saturated heterocycles. The number of benzene rings is 1. The van der Waals surface area contributed by atoms with Crippen molar-refractivity contribution in [2.75, 3.05) is 20.3 Å². The summed E-state index contributed by atoms with van der Waals surface area (Å²) in [5, 5.41) is 3.11. The van der Waals surface area contributed by atoms with Crippen LogP contribution in [-0.4, -0.2) is 31.3 Å². The van der Waals surface area contributed by atoms with Crippen molar-refractivity contribution < 1.29 is 13.9 Å². The standard InChI is InChI=1S/C13H16N2O4/c1-13(17-6-9(14-2)7-18-13)8-3-4-10-11(5-8)19-12(16)15-10/h3-5,9,14H,6-7H2,1-2H3,(H,15,16). The second-order valence-electron chi connectivity index (χ2n) is 4.78. The Morgan fingerprint density at radius 1 is 1.37 bits per heavy atom. The fourth-order valence-electron chi connectivity index (χ4n) is 2.17. The van der Waals surface area contributed by atoms with Crippen LogP contribution in [-0.2, 0) is 15.3 Å². The molecule has 1 aromatic carbocycles. The van der Waals surface area contributed by atoms with Crippen molar-refractivity contribution in [1.82, 2.24) is 10.3 Å². The molecule has 0 atom stereocenters. The minimum absolute atomic E-state index is 0.196. The van der Waals surface area contributed by atoms with Gasteiger partial charge in [-0.1, -0.05) is 6.07 Å². The summed E-state index contributed by atoms with van der Waals surface area (Å²) >= 11 is 0. The first-order valence-corrected chi connectivity index (χ1v) is 6.19. The minimum Gasteiger partial charge on any atom is -0.408 e. The number of nitrogens with one attached hydrogen (secondary N) is 2. The van der Waals surface area contributed by atoms with Gasteiger partial charge in [-0.15, -0.1) is 0 Å². The number of likely N-dealkylation sites (N-methyl/N-ethyl adjacent to an activating group) is 1. The molecule has 1 aliphatic rings. The average molecular weight is 264 g/mol. The summed E-state index contributed by atoms with van der Waals surface area (Å²) in [6, 6.07) is 5.62. The van der Waals surface area contributed by atoms with Gasteiger partial charge < -0.3 is 19.2 Å². The topological polar surface area (TPSA) is 76.5 Å². The Morgan fingerprint density at radius 3 is 2.79 bits per heavy atom. The van der Waals surface area contributed by atoms with E-state index in [1.54, 1.807) is 12.1 Å². The lowest BCUT2D eigenvalue weighted by molar-refractivity contribution is -0.272. The molecule has 1 aromatic heterocycles. The molecule has 0 bridgehead atoms. The van der Waals surface area contributed by atoms with Crippen LogP contribution in [0.4, 0.5) is 0 Å². The van der Waals surface area contributed by atoms with E-state index in [0.717, 1.165) is 5.56 Å². The van der Waals surface area contributed by atoms with Crippen LogP contribution in [0.25, 0.3) is 11.1 Å². The highest BCUT2D eigenvalue weighted by Gasteiger charge is 2.34. The molecule has 2 aromatic rings. The second-order valence-corrected chi connectivity index (χ2v) is 4.78. The number of H-pyrrole nitrogens is 1. The Balaban J connectivity index is 1.92. The summed E-state index contributed by atoms with van der Waals surface area (Å²) in [6.45, 7) is 3.01. The number of hydrogen-bond donors (Lipinski definition) is 2. The number of oxazole rings is 1. The van der Waals surface area contributed by atoms with E-state index in [0.29, 0.717) is 24.3 Å². The van der Waals surface area contributed by atoms with Gasteiger partial charge in [0.05, 0.1) is 24.8 Å². The summed E-state index contributed by atoms with van der Waals surface area (Å²) in [7, 11) is 1.88. The van der Waals surface area contributed by atoms with Crippen molar-refractivity contribution in [2.45, 2.75) is 18.8 Å². The van der Waals surface area contributed by atoms with Crippen LogP contribution in [0.2, 0.25) is 0 Å². The summed E-state index contributed by atoms with van der Waals surface area (Å²) in [6.07, 6.45) is 0. The van der Waals surface area contributed by atoms with E-state index in [2.05, 4.69) is 10.3 Å². The molecule has 6 nitrogen and oxygen atoms in total. The number of aromatic amines is 1. The molecule has 0 spiro atoms. The molecule has 3 rings (SSSR count). The first-order valence-electron chi connectivity index (χ1n) is 6.19. The monoisotopic (exact) mass is 264 g/mol. The Hall–Kier alpha value is -1.63. The van der Waals surface area contributed by atoms with Gasteiger partial charge in [-0.2, -0.15) is 0 Å². The maximum absolute atomic E-state index is 11.1. The van der Waals surface area contributed by atoms with Crippen molar-refractivity contribution in [3.8, 4) is 0 Å². The lowest BCUT2D eigenvalue weighted by Crippen LogP contribution is -2.47. The van der Waals surface area contributed by atoms with Crippen LogP contribution in [0.3, 0.4) is 0 Å². The van der Waals surface area contributed by atoms with Gasteiger partial charge in [0.15, 0.2) is 11.4 Å². The zero-order valence-corrected chi connectivity index (χ0v) is 10.9. The van der Waals surface area contributed by atoms with Crippen molar-refractivity contribution >= 4 is 11.1 Å². The SMILES string of the molecule is CNC1COC(C)(c2ccc3[nH]c(=O)oc3c2)OC1. The lowest BCUT2D eigenvalue weighted by Gasteiger charge is -2.37. The zero-order valence-electron chi connectivity index (χ0n) is 10.9. The highest BCUT2D eigenvalue weighted by Crippen LogP contribution is 2.31. The number of fused-ring (bicyclic) bond motifs is 1. The molecular formula is C13H16N2O4. The van der Waals surface area contributed by atoms with E-state index in [1.807, 2.05) is 20.0 Å². The molecule has 1 fully saturated rings. The lowest BCUT2D eigenvalue weighted by atomic mass is 10.1. The van der Waals surface area contributed by atoms with Gasteiger partial charge in [0, 0.05) is 5.56 Å². The van der Waals surface area contributed by atoms with Crippen LogP contribution in [0.5, 0.6) is 0 Å². The van der Waals surface area contributed by atoms with Gasteiger partial charge in [-0.3, -0.25) is 4.98 Å². The molecule has 2 N–H and O–H groups in total. The molecular weight excluding hydrogens is 248 g/mol. The fourth-order valence-corrected chi connectivity index (χ4v) is 2.17. The van der Waals surface area contributed by atoms with Gasteiger partial charge in [0.1, 0.15) is 0 Å². The summed E-state index contributed by atoms with van der Waals surface area (Å²) < 4.78 is 16.6. The average Bonchev–Trinajstić information content (AvgIpc) is 2.78.